The first-order valence-corrected chi connectivity index (χ1v) is 11.6. The third kappa shape index (κ3) is 5.58. The first kappa shape index (κ1) is 23.4. The third-order valence-corrected chi connectivity index (χ3v) is 6.07. The molecule has 1 fully saturated rings. The number of fused-ring (bicyclic) bond motifs is 1. The van der Waals surface area contributed by atoms with Crippen molar-refractivity contribution in [3.8, 4) is 6.01 Å². The molecule has 176 valence electrons. The molecule has 0 spiro atoms. The van der Waals surface area contributed by atoms with Gasteiger partial charge in [0.25, 0.3) is 6.01 Å². The summed E-state index contributed by atoms with van der Waals surface area (Å²) in [6.45, 7) is 7.55. The van der Waals surface area contributed by atoms with E-state index in [-0.39, 0.29) is 24.4 Å². The maximum Gasteiger partial charge on any atom is 0.410 e. The number of halogens is 2. The Balaban J connectivity index is 1.44. The van der Waals surface area contributed by atoms with Crippen LogP contribution in [-0.4, -0.2) is 45.8 Å². The van der Waals surface area contributed by atoms with Crippen LogP contribution in [0.3, 0.4) is 0 Å². The lowest BCUT2D eigenvalue weighted by Gasteiger charge is -2.33. The van der Waals surface area contributed by atoms with E-state index in [4.69, 9.17) is 21.1 Å². The van der Waals surface area contributed by atoms with Crippen LogP contribution < -0.4 is 4.74 Å². The normalized spacial score (nSPS) is 15.1. The number of nitrogens with zero attached hydrogens (tertiary/aromatic N) is 3. The van der Waals surface area contributed by atoms with E-state index >= 15 is 0 Å². The van der Waals surface area contributed by atoms with Crippen molar-refractivity contribution in [3.05, 3.63) is 58.9 Å². The number of ether oxygens (including phenoxy) is 2. The first-order valence-electron chi connectivity index (χ1n) is 11.2. The summed E-state index contributed by atoms with van der Waals surface area (Å²) in [4.78, 5) is 18.7. The number of benzene rings is 2. The van der Waals surface area contributed by atoms with Crippen molar-refractivity contribution in [2.75, 3.05) is 19.7 Å². The number of aromatic nitrogens is 2. The number of carbonyl (C=O) groups excluding carboxylic acids is 1. The zero-order chi connectivity index (χ0) is 23.6. The number of carbonyl (C=O) groups is 1. The number of para-hydroxylation sites is 2. The van der Waals surface area contributed by atoms with Crippen LogP contribution in [-0.2, 0) is 11.3 Å². The molecule has 33 heavy (non-hydrogen) atoms. The summed E-state index contributed by atoms with van der Waals surface area (Å²) in [5.74, 6) is -0.0743. The standard InChI is InChI=1S/C25H29ClFN3O3/c1-25(2,3)33-24(31)29-13-11-17(12-14-29)16-32-23-28-21-9-4-5-10-22(21)30(23)15-18-19(26)7-6-8-20(18)27/h4-10,17H,11-16H2,1-3H3. The van der Waals surface area contributed by atoms with Gasteiger partial charge in [-0.1, -0.05) is 29.8 Å². The van der Waals surface area contributed by atoms with Crippen LogP contribution in [0.1, 0.15) is 39.2 Å². The van der Waals surface area contributed by atoms with E-state index < -0.39 is 5.60 Å². The van der Waals surface area contributed by atoms with Crippen molar-refractivity contribution in [2.45, 2.75) is 45.8 Å². The number of hydrogen-bond donors (Lipinski definition) is 0. The smallest absolute Gasteiger partial charge is 0.410 e. The lowest BCUT2D eigenvalue weighted by atomic mass is 9.98. The highest BCUT2D eigenvalue weighted by Gasteiger charge is 2.27. The highest BCUT2D eigenvalue weighted by molar-refractivity contribution is 6.31. The zero-order valence-electron chi connectivity index (χ0n) is 19.2. The summed E-state index contributed by atoms with van der Waals surface area (Å²) in [6, 6.07) is 12.8. The Labute approximate surface area is 198 Å². The van der Waals surface area contributed by atoms with Gasteiger partial charge >= 0.3 is 6.09 Å². The summed E-state index contributed by atoms with van der Waals surface area (Å²) in [5, 5.41) is 0.369. The van der Waals surface area contributed by atoms with E-state index in [1.165, 1.54) is 6.07 Å². The highest BCUT2D eigenvalue weighted by Crippen LogP contribution is 2.28. The van der Waals surface area contributed by atoms with Gasteiger partial charge < -0.3 is 14.4 Å². The second kappa shape index (κ2) is 9.59. The Bertz CT molecular complexity index is 1110. The fourth-order valence-electron chi connectivity index (χ4n) is 3.96. The average molecular weight is 474 g/mol. The van der Waals surface area contributed by atoms with Crippen molar-refractivity contribution in [2.24, 2.45) is 5.92 Å². The number of likely N-dealkylation sites (tertiary alicyclic amines) is 1. The van der Waals surface area contributed by atoms with Crippen molar-refractivity contribution in [1.82, 2.24) is 14.5 Å². The molecule has 3 aromatic rings. The lowest BCUT2D eigenvalue weighted by molar-refractivity contribution is 0.0162. The molecule has 0 N–H and O–H groups in total. The summed E-state index contributed by atoms with van der Waals surface area (Å²) >= 11 is 6.27. The molecule has 6 nitrogen and oxygen atoms in total. The van der Waals surface area contributed by atoms with Crippen LogP contribution in [0.15, 0.2) is 42.5 Å². The summed E-state index contributed by atoms with van der Waals surface area (Å²) in [7, 11) is 0. The van der Waals surface area contributed by atoms with Crippen molar-refractivity contribution < 1.29 is 18.7 Å². The minimum atomic E-state index is -0.503. The van der Waals surface area contributed by atoms with Crippen LogP contribution in [0.4, 0.5) is 9.18 Å². The van der Waals surface area contributed by atoms with Gasteiger partial charge in [-0.3, -0.25) is 4.57 Å². The Morgan fingerprint density at radius 3 is 2.58 bits per heavy atom. The molecule has 1 aromatic heterocycles. The van der Waals surface area contributed by atoms with E-state index in [2.05, 4.69) is 4.98 Å². The molecule has 4 rings (SSSR count). The Morgan fingerprint density at radius 1 is 1.15 bits per heavy atom. The van der Waals surface area contributed by atoms with Crippen molar-refractivity contribution in [1.29, 1.82) is 0 Å². The molecule has 0 atom stereocenters. The van der Waals surface area contributed by atoms with Gasteiger partial charge in [0.05, 0.1) is 24.2 Å². The molecule has 0 saturated carbocycles. The number of amides is 1. The largest absolute Gasteiger partial charge is 0.464 e. The SMILES string of the molecule is CC(C)(C)OC(=O)N1CCC(COc2nc3ccccc3n2Cc2c(F)cccc2Cl)CC1. The second-order valence-electron chi connectivity index (χ2n) is 9.39. The van der Waals surface area contributed by atoms with Gasteiger partial charge in [-0.2, -0.15) is 4.98 Å². The van der Waals surface area contributed by atoms with Crippen LogP contribution >= 0.6 is 11.6 Å². The second-order valence-corrected chi connectivity index (χ2v) is 9.80. The highest BCUT2D eigenvalue weighted by atomic mass is 35.5. The predicted octanol–water partition coefficient (Wildman–Crippen LogP) is 5.90. The van der Waals surface area contributed by atoms with Gasteiger partial charge in [0.1, 0.15) is 11.4 Å². The summed E-state index contributed by atoms with van der Waals surface area (Å²) in [5.41, 5.74) is 1.53. The van der Waals surface area contributed by atoms with Gasteiger partial charge in [0.2, 0.25) is 0 Å². The van der Waals surface area contributed by atoms with Crippen LogP contribution in [0.5, 0.6) is 6.01 Å². The molecule has 2 heterocycles. The van der Waals surface area contributed by atoms with Gasteiger partial charge in [0.15, 0.2) is 0 Å². The third-order valence-electron chi connectivity index (χ3n) is 5.71. The maximum absolute atomic E-state index is 14.5. The fourth-order valence-corrected chi connectivity index (χ4v) is 4.18. The van der Waals surface area contributed by atoms with Gasteiger partial charge in [0, 0.05) is 23.7 Å². The molecule has 0 radical (unpaired) electrons. The molecule has 1 amide bonds. The molecule has 8 heteroatoms. The molecule has 1 aliphatic rings. The number of rotatable bonds is 5. The Kier molecular flexibility index (Phi) is 6.79. The van der Waals surface area contributed by atoms with Gasteiger partial charge in [-0.25, -0.2) is 9.18 Å². The molecule has 0 aliphatic carbocycles. The number of piperidine rings is 1. The molecular formula is C25H29ClFN3O3. The van der Waals surface area contributed by atoms with Crippen molar-refractivity contribution >= 4 is 28.7 Å². The number of hydrogen-bond acceptors (Lipinski definition) is 4. The molecule has 2 aromatic carbocycles. The van der Waals surface area contributed by atoms with E-state index in [9.17, 15) is 9.18 Å². The van der Waals surface area contributed by atoms with E-state index in [0.717, 1.165) is 23.9 Å². The monoisotopic (exact) mass is 473 g/mol. The summed E-state index contributed by atoms with van der Waals surface area (Å²) in [6.07, 6.45) is 1.36. The van der Waals surface area contributed by atoms with Crippen LogP contribution in [0.2, 0.25) is 5.02 Å². The fraction of sp³-hybridized carbons (Fsp3) is 0.440. The zero-order valence-corrected chi connectivity index (χ0v) is 19.9. The predicted molar refractivity (Wildman–Crippen MR) is 126 cm³/mol. The van der Waals surface area contributed by atoms with Gasteiger partial charge in [-0.05, 0) is 63.8 Å². The first-order chi connectivity index (χ1) is 15.7. The summed E-state index contributed by atoms with van der Waals surface area (Å²) < 4.78 is 27.9. The quantitative estimate of drug-likeness (QED) is 0.462. The maximum atomic E-state index is 14.5. The van der Waals surface area contributed by atoms with E-state index in [0.29, 0.717) is 36.3 Å². The van der Waals surface area contributed by atoms with Crippen LogP contribution in [0, 0.1) is 11.7 Å². The molecular weight excluding hydrogens is 445 g/mol. The Hall–Kier alpha value is -2.80. The van der Waals surface area contributed by atoms with Crippen LogP contribution in [0.25, 0.3) is 11.0 Å². The lowest BCUT2D eigenvalue weighted by Crippen LogP contribution is -2.42. The van der Waals surface area contributed by atoms with Crippen molar-refractivity contribution in [3.63, 3.8) is 0 Å². The Morgan fingerprint density at radius 2 is 1.88 bits per heavy atom. The van der Waals surface area contributed by atoms with Gasteiger partial charge in [-0.15, -0.1) is 0 Å². The number of imidazole rings is 1. The topological polar surface area (TPSA) is 56.6 Å². The van der Waals surface area contributed by atoms with E-state index in [1.54, 1.807) is 17.0 Å². The molecule has 1 saturated heterocycles. The van der Waals surface area contributed by atoms with E-state index in [1.807, 2.05) is 49.6 Å². The average Bonchev–Trinajstić information content (AvgIpc) is 3.11. The molecule has 1 aliphatic heterocycles. The minimum absolute atomic E-state index is 0.221. The molecule has 0 unspecified atom stereocenters. The molecule has 0 bridgehead atoms. The minimum Gasteiger partial charge on any atom is -0.464 e.